The second-order valence-electron chi connectivity index (χ2n) is 7.65. The molecular weight excluding hydrogens is 350 g/mol. The van der Waals surface area contributed by atoms with Crippen molar-refractivity contribution in [2.24, 2.45) is 0 Å². The zero-order chi connectivity index (χ0) is 19.8. The Labute approximate surface area is 156 Å². The van der Waals surface area contributed by atoms with Crippen LogP contribution in [0.4, 0.5) is 4.79 Å². The molecule has 0 aliphatic heterocycles. The fourth-order valence-electron chi connectivity index (χ4n) is 3.08. The third kappa shape index (κ3) is 4.30. The third-order valence-corrected chi connectivity index (χ3v) is 4.25. The first kappa shape index (κ1) is 18.9. The van der Waals surface area contributed by atoms with E-state index in [0.717, 1.165) is 35.8 Å². The fraction of sp³-hybridized carbons (Fsp3) is 0.450. The van der Waals surface area contributed by atoms with E-state index in [1.54, 1.807) is 32.9 Å². The second kappa shape index (κ2) is 7.06. The summed E-state index contributed by atoms with van der Waals surface area (Å²) in [5.74, 6) is -0.407. The molecule has 3 rings (SSSR count). The Hall–Kier alpha value is -2.83. The van der Waals surface area contributed by atoms with Crippen LogP contribution in [-0.2, 0) is 22.4 Å². The van der Waals surface area contributed by atoms with Gasteiger partial charge in [-0.3, -0.25) is 0 Å². The lowest BCUT2D eigenvalue weighted by Crippen LogP contribution is -2.43. The molecule has 2 aromatic rings. The lowest BCUT2D eigenvalue weighted by molar-refractivity contribution is -0.136. The molecule has 0 fully saturated rings. The van der Waals surface area contributed by atoms with Crippen molar-refractivity contribution in [1.82, 2.24) is 5.32 Å². The summed E-state index contributed by atoms with van der Waals surface area (Å²) in [7, 11) is 0. The molecule has 0 saturated carbocycles. The van der Waals surface area contributed by atoms with Crippen molar-refractivity contribution in [2.75, 3.05) is 0 Å². The summed E-state index contributed by atoms with van der Waals surface area (Å²) in [5.41, 5.74) is 1.14. The summed E-state index contributed by atoms with van der Waals surface area (Å²) in [6.07, 6.45) is 1.81. The fourth-order valence-corrected chi connectivity index (χ4v) is 3.08. The maximum absolute atomic E-state index is 12.2. The number of nitrogens with one attached hydrogen (secondary N) is 1. The van der Waals surface area contributed by atoms with E-state index in [9.17, 15) is 14.4 Å². The van der Waals surface area contributed by atoms with Gasteiger partial charge in [0.15, 0.2) is 0 Å². The highest BCUT2D eigenvalue weighted by molar-refractivity contribution is 5.86. The van der Waals surface area contributed by atoms with Gasteiger partial charge in [0.25, 0.3) is 0 Å². The number of ether oxygens (including phenoxy) is 2. The number of hydrogen-bond donors (Lipinski definition) is 1. The minimum atomic E-state index is -0.900. The predicted molar refractivity (Wildman–Crippen MR) is 99.0 cm³/mol. The topological polar surface area (TPSA) is 94.8 Å². The van der Waals surface area contributed by atoms with Crippen LogP contribution in [0, 0.1) is 0 Å². The molecule has 1 aromatic heterocycles. The van der Waals surface area contributed by atoms with Crippen molar-refractivity contribution >= 4 is 23.0 Å². The Kier molecular flexibility index (Phi) is 4.95. The molecule has 0 radical (unpaired) electrons. The minimum Gasteiger partial charge on any atom is -0.444 e. The Balaban J connectivity index is 1.73. The zero-order valence-electron chi connectivity index (χ0n) is 15.9. The molecule has 1 atom stereocenters. The van der Waals surface area contributed by atoms with E-state index in [1.807, 2.05) is 0 Å². The summed E-state index contributed by atoms with van der Waals surface area (Å²) >= 11 is 0. The van der Waals surface area contributed by atoms with Gasteiger partial charge in [0.2, 0.25) is 0 Å². The number of aryl methyl sites for hydroxylation is 1. The zero-order valence-corrected chi connectivity index (χ0v) is 15.9. The summed E-state index contributed by atoms with van der Waals surface area (Å²) in [4.78, 5) is 36.0. The third-order valence-electron chi connectivity index (χ3n) is 4.25. The highest BCUT2D eigenvalue weighted by atomic mass is 16.6. The van der Waals surface area contributed by atoms with Gasteiger partial charge < -0.3 is 19.2 Å². The predicted octanol–water partition coefficient (Wildman–Crippen LogP) is 3.10. The molecule has 1 aliphatic rings. The maximum atomic E-state index is 12.2. The van der Waals surface area contributed by atoms with Crippen LogP contribution in [0.3, 0.4) is 0 Å². The van der Waals surface area contributed by atoms with Gasteiger partial charge in [-0.2, -0.15) is 0 Å². The summed E-state index contributed by atoms with van der Waals surface area (Å²) in [6.45, 7) is 6.69. The largest absolute Gasteiger partial charge is 0.444 e. The molecule has 1 N–H and O–H groups in total. The number of carbonyl (C=O) groups excluding carboxylic acids is 2. The Bertz CT molecular complexity index is 953. The lowest BCUT2D eigenvalue weighted by atomic mass is 10.1. The Morgan fingerprint density at radius 3 is 2.59 bits per heavy atom. The SMILES string of the molecule is C[C@@H](NC(=O)OC(C)(C)C)C(=O)Oc1ccc2c3c(c(=O)oc2c1)CCC3. The van der Waals surface area contributed by atoms with Gasteiger partial charge in [0.05, 0.1) is 0 Å². The normalized spacial score (nSPS) is 14.5. The monoisotopic (exact) mass is 373 g/mol. The molecule has 1 heterocycles. The molecule has 1 aromatic carbocycles. The minimum absolute atomic E-state index is 0.242. The van der Waals surface area contributed by atoms with Gasteiger partial charge in [0, 0.05) is 17.0 Å². The number of fused-ring (bicyclic) bond motifs is 3. The van der Waals surface area contributed by atoms with Crippen LogP contribution < -0.4 is 15.7 Å². The van der Waals surface area contributed by atoms with E-state index in [0.29, 0.717) is 5.58 Å². The van der Waals surface area contributed by atoms with Gasteiger partial charge >= 0.3 is 17.7 Å². The Morgan fingerprint density at radius 1 is 1.19 bits per heavy atom. The number of hydrogen-bond acceptors (Lipinski definition) is 6. The van der Waals surface area contributed by atoms with E-state index in [2.05, 4.69) is 5.32 Å². The van der Waals surface area contributed by atoms with Crippen LogP contribution in [0.1, 0.15) is 45.2 Å². The summed E-state index contributed by atoms with van der Waals surface area (Å²) in [5, 5.41) is 3.29. The molecule has 0 saturated heterocycles. The standard InChI is InChI=1S/C20H23NO6/c1-11(21-19(24)27-20(2,3)4)17(22)25-12-8-9-14-13-6-5-7-15(13)18(23)26-16(14)10-12/h8-11H,5-7H2,1-4H3,(H,21,24)/t11-/m1/s1. The van der Waals surface area contributed by atoms with Gasteiger partial charge in [-0.25, -0.2) is 14.4 Å². The molecule has 27 heavy (non-hydrogen) atoms. The number of amides is 1. The molecule has 144 valence electrons. The Morgan fingerprint density at radius 2 is 1.89 bits per heavy atom. The average molecular weight is 373 g/mol. The van der Waals surface area contributed by atoms with Gasteiger partial charge in [0.1, 0.15) is 23.0 Å². The first-order chi connectivity index (χ1) is 12.6. The van der Waals surface area contributed by atoms with Crippen molar-refractivity contribution in [1.29, 1.82) is 0 Å². The van der Waals surface area contributed by atoms with Crippen molar-refractivity contribution in [3.05, 3.63) is 39.7 Å². The first-order valence-electron chi connectivity index (χ1n) is 8.94. The van der Waals surface area contributed by atoms with Crippen LogP contribution in [0.25, 0.3) is 11.0 Å². The smallest absolute Gasteiger partial charge is 0.408 e. The molecular formula is C20H23NO6. The number of esters is 1. The second-order valence-corrected chi connectivity index (χ2v) is 7.65. The first-order valence-corrected chi connectivity index (χ1v) is 8.94. The molecule has 1 aliphatic carbocycles. The number of benzene rings is 1. The van der Waals surface area contributed by atoms with E-state index < -0.39 is 23.7 Å². The van der Waals surface area contributed by atoms with E-state index in [1.165, 1.54) is 13.0 Å². The summed E-state index contributed by atoms with van der Waals surface area (Å²) in [6, 6.07) is 4.06. The summed E-state index contributed by atoms with van der Waals surface area (Å²) < 4.78 is 15.8. The molecule has 7 nitrogen and oxygen atoms in total. The number of rotatable bonds is 3. The highest BCUT2D eigenvalue weighted by Crippen LogP contribution is 2.29. The van der Waals surface area contributed by atoms with E-state index in [-0.39, 0.29) is 11.4 Å². The number of carbonyl (C=O) groups is 2. The highest BCUT2D eigenvalue weighted by Gasteiger charge is 2.23. The van der Waals surface area contributed by atoms with Crippen LogP contribution in [0.2, 0.25) is 0 Å². The van der Waals surface area contributed by atoms with Crippen molar-refractivity contribution < 1.29 is 23.5 Å². The lowest BCUT2D eigenvalue weighted by Gasteiger charge is -2.21. The van der Waals surface area contributed by atoms with Crippen LogP contribution in [-0.4, -0.2) is 23.7 Å². The van der Waals surface area contributed by atoms with Crippen LogP contribution >= 0.6 is 0 Å². The van der Waals surface area contributed by atoms with E-state index >= 15 is 0 Å². The quantitative estimate of drug-likeness (QED) is 0.505. The molecule has 0 bridgehead atoms. The number of alkyl carbamates (subject to hydrolysis) is 1. The van der Waals surface area contributed by atoms with Gasteiger partial charge in [-0.05, 0) is 64.7 Å². The van der Waals surface area contributed by atoms with Gasteiger partial charge in [-0.1, -0.05) is 0 Å². The molecule has 0 spiro atoms. The average Bonchev–Trinajstić information content (AvgIpc) is 3.03. The van der Waals surface area contributed by atoms with E-state index in [4.69, 9.17) is 13.9 Å². The molecule has 7 heteroatoms. The molecule has 0 unspecified atom stereocenters. The van der Waals surface area contributed by atoms with Gasteiger partial charge in [-0.15, -0.1) is 0 Å². The van der Waals surface area contributed by atoms with Crippen molar-refractivity contribution in [3.63, 3.8) is 0 Å². The van der Waals surface area contributed by atoms with Crippen molar-refractivity contribution in [3.8, 4) is 5.75 Å². The molecule has 1 amide bonds. The maximum Gasteiger partial charge on any atom is 0.408 e. The van der Waals surface area contributed by atoms with Crippen LogP contribution in [0.15, 0.2) is 27.4 Å². The van der Waals surface area contributed by atoms with Crippen molar-refractivity contribution in [2.45, 2.75) is 58.6 Å². The van der Waals surface area contributed by atoms with Crippen LogP contribution in [0.5, 0.6) is 5.75 Å².